The monoisotopic (exact) mass is 224 g/mol. The molecule has 5 heteroatoms. The van der Waals surface area contributed by atoms with Gasteiger partial charge in [-0.15, -0.1) is 0 Å². The first-order valence-corrected chi connectivity index (χ1v) is 5.64. The van der Waals surface area contributed by atoms with Crippen molar-refractivity contribution in [3.8, 4) is 0 Å². The molecule has 1 amide bonds. The molecule has 0 aliphatic carbocycles. The van der Waals surface area contributed by atoms with Gasteiger partial charge in [-0.3, -0.25) is 9.89 Å². The maximum Gasteiger partial charge on any atom is 0.221 e. The van der Waals surface area contributed by atoms with Crippen molar-refractivity contribution in [2.45, 2.75) is 45.7 Å². The molecule has 0 saturated heterocycles. The molecule has 5 nitrogen and oxygen atoms in total. The topological polar surface area (TPSA) is 83.8 Å². The number of nitrogens with zero attached hydrogens (tertiary/aromatic N) is 1. The van der Waals surface area contributed by atoms with Crippen LogP contribution in [0.3, 0.4) is 0 Å². The van der Waals surface area contributed by atoms with Crippen LogP contribution in [0.2, 0.25) is 0 Å². The molecule has 0 saturated carbocycles. The molecule has 1 atom stereocenters. The van der Waals surface area contributed by atoms with Gasteiger partial charge in [0.1, 0.15) is 0 Å². The van der Waals surface area contributed by atoms with Crippen molar-refractivity contribution >= 4 is 5.91 Å². The Bertz CT molecular complexity index is 334. The molecule has 90 valence electrons. The van der Waals surface area contributed by atoms with Crippen LogP contribution in [0.15, 0.2) is 6.20 Å². The lowest BCUT2D eigenvalue weighted by molar-refractivity contribution is -0.121. The predicted molar refractivity (Wildman–Crippen MR) is 62.7 cm³/mol. The highest BCUT2D eigenvalue weighted by Crippen LogP contribution is 2.02. The van der Waals surface area contributed by atoms with Gasteiger partial charge in [0.15, 0.2) is 0 Å². The van der Waals surface area contributed by atoms with Crippen molar-refractivity contribution in [2.24, 2.45) is 5.73 Å². The molecule has 0 radical (unpaired) electrons. The number of nitrogens with one attached hydrogen (secondary N) is 2. The Labute approximate surface area is 95.8 Å². The van der Waals surface area contributed by atoms with Crippen LogP contribution in [-0.2, 0) is 11.3 Å². The van der Waals surface area contributed by atoms with E-state index < -0.39 is 0 Å². The molecule has 16 heavy (non-hydrogen) atoms. The van der Waals surface area contributed by atoms with Crippen LogP contribution in [0.5, 0.6) is 0 Å². The normalized spacial score (nSPS) is 12.4. The maximum atomic E-state index is 11.5. The Hall–Kier alpha value is -1.36. The maximum absolute atomic E-state index is 11.5. The molecule has 0 aliphatic heterocycles. The van der Waals surface area contributed by atoms with E-state index in [0.717, 1.165) is 24.1 Å². The molecule has 4 N–H and O–H groups in total. The van der Waals surface area contributed by atoms with Gasteiger partial charge in [0.2, 0.25) is 5.91 Å². The van der Waals surface area contributed by atoms with Gasteiger partial charge in [-0.25, -0.2) is 0 Å². The van der Waals surface area contributed by atoms with Gasteiger partial charge < -0.3 is 11.1 Å². The minimum Gasteiger partial charge on any atom is -0.352 e. The minimum atomic E-state index is -0.0320. The van der Waals surface area contributed by atoms with Gasteiger partial charge in [-0.1, -0.05) is 13.3 Å². The number of hydrogen-bond acceptors (Lipinski definition) is 3. The number of H-pyrrole nitrogens is 1. The highest BCUT2D eigenvalue weighted by Gasteiger charge is 2.09. The quantitative estimate of drug-likeness (QED) is 0.670. The van der Waals surface area contributed by atoms with Crippen LogP contribution in [0, 0.1) is 6.92 Å². The zero-order valence-electron chi connectivity index (χ0n) is 9.92. The van der Waals surface area contributed by atoms with Crippen molar-refractivity contribution in [1.82, 2.24) is 15.5 Å². The van der Waals surface area contributed by atoms with Crippen LogP contribution in [0.1, 0.15) is 37.4 Å². The third-order valence-corrected chi connectivity index (χ3v) is 2.52. The summed E-state index contributed by atoms with van der Waals surface area (Å²) in [5, 5.41) is 9.55. The Balaban J connectivity index is 2.28. The number of nitrogens with two attached hydrogens (primary N) is 1. The second-order valence-corrected chi connectivity index (χ2v) is 4.05. The molecule has 0 aromatic carbocycles. The number of aromatic nitrogens is 2. The second-order valence-electron chi connectivity index (χ2n) is 4.05. The molecule has 0 spiro atoms. The van der Waals surface area contributed by atoms with Crippen molar-refractivity contribution in [2.75, 3.05) is 0 Å². The summed E-state index contributed by atoms with van der Waals surface area (Å²) in [6.45, 7) is 4.50. The number of rotatable bonds is 6. The fourth-order valence-corrected chi connectivity index (χ4v) is 1.53. The highest BCUT2D eigenvalue weighted by atomic mass is 16.1. The van der Waals surface area contributed by atoms with Gasteiger partial charge in [0, 0.05) is 30.3 Å². The van der Waals surface area contributed by atoms with Crippen LogP contribution in [0.4, 0.5) is 0 Å². The van der Waals surface area contributed by atoms with E-state index in [2.05, 4.69) is 22.4 Å². The fraction of sp³-hybridized carbons (Fsp3) is 0.636. The first-order chi connectivity index (χ1) is 7.63. The Morgan fingerprint density at radius 2 is 2.44 bits per heavy atom. The van der Waals surface area contributed by atoms with Crippen molar-refractivity contribution < 1.29 is 4.79 Å². The number of aromatic amines is 1. The highest BCUT2D eigenvalue weighted by molar-refractivity contribution is 5.76. The van der Waals surface area contributed by atoms with Gasteiger partial charge in [0.05, 0.1) is 6.20 Å². The number of aryl methyl sites for hydroxylation is 1. The lowest BCUT2D eigenvalue weighted by Crippen LogP contribution is -2.31. The number of amides is 1. The van der Waals surface area contributed by atoms with Crippen molar-refractivity contribution in [1.29, 1.82) is 0 Å². The van der Waals surface area contributed by atoms with E-state index in [9.17, 15) is 4.79 Å². The first-order valence-electron chi connectivity index (χ1n) is 5.64. The van der Waals surface area contributed by atoms with E-state index in [1.165, 1.54) is 0 Å². The zero-order valence-corrected chi connectivity index (χ0v) is 9.92. The summed E-state index contributed by atoms with van der Waals surface area (Å²) in [7, 11) is 0. The van der Waals surface area contributed by atoms with E-state index in [0.29, 0.717) is 13.0 Å². The standard InChI is InChI=1S/C11H20N4O/c1-3-4-10(12)5-11(16)13-6-9-7-14-15-8(9)2/h7,10H,3-6,12H2,1-2H3,(H,13,16)(H,14,15). The summed E-state index contributed by atoms with van der Waals surface area (Å²) < 4.78 is 0. The number of hydrogen-bond donors (Lipinski definition) is 3. The third-order valence-electron chi connectivity index (χ3n) is 2.52. The van der Waals surface area contributed by atoms with E-state index >= 15 is 0 Å². The zero-order chi connectivity index (χ0) is 12.0. The summed E-state index contributed by atoms with van der Waals surface area (Å²) in [4.78, 5) is 11.5. The molecule has 0 fully saturated rings. The Morgan fingerprint density at radius 3 is 3.00 bits per heavy atom. The first kappa shape index (κ1) is 12.7. The largest absolute Gasteiger partial charge is 0.352 e. The van der Waals surface area contributed by atoms with Gasteiger partial charge in [-0.2, -0.15) is 5.10 Å². The lowest BCUT2D eigenvalue weighted by Gasteiger charge is -2.10. The molecule has 1 aromatic rings. The fourth-order valence-electron chi connectivity index (χ4n) is 1.53. The third kappa shape index (κ3) is 4.02. The van der Waals surface area contributed by atoms with E-state index in [4.69, 9.17) is 5.73 Å². The molecule has 1 aromatic heterocycles. The van der Waals surface area contributed by atoms with E-state index in [1.54, 1.807) is 6.20 Å². The SMILES string of the molecule is CCCC(N)CC(=O)NCc1cn[nH]c1C. The molecular weight excluding hydrogens is 204 g/mol. The van der Waals surface area contributed by atoms with E-state index in [-0.39, 0.29) is 11.9 Å². The average Bonchev–Trinajstić information content (AvgIpc) is 2.61. The predicted octanol–water partition coefficient (Wildman–Crippen LogP) is 0.852. The number of carbonyl (C=O) groups excluding carboxylic acids is 1. The van der Waals surface area contributed by atoms with Crippen LogP contribution >= 0.6 is 0 Å². The van der Waals surface area contributed by atoms with Crippen LogP contribution in [0.25, 0.3) is 0 Å². The molecule has 0 aliphatic rings. The lowest BCUT2D eigenvalue weighted by atomic mass is 10.1. The summed E-state index contributed by atoms with van der Waals surface area (Å²) in [5.41, 5.74) is 7.78. The molecule has 0 bridgehead atoms. The average molecular weight is 224 g/mol. The summed E-state index contributed by atoms with van der Waals surface area (Å²) in [6, 6.07) is -0.0320. The van der Waals surface area contributed by atoms with Gasteiger partial charge in [-0.05, 0) is 13.3 Å². The molecule has 1 unspecified atom stereocenters. The minimum absolute atomic E-state index is 0.00144. The number of carbonyl (C=O) groups is 1. The second kappa shape index (κ2) is 6.27. The smallest absolute Gasteiger partial charge is 0.221 e. The van der Waals surface area contributed by atoms with Crippen LogP contribution < -0.4 is 11.1 Å². The Kier molecular flexibility index (Phi) is 4.98. The molecular formula is C11H20N4O. The van der Waals surface area contributed by atoms with E-state index in [1.807, 2.05) is 6.92 Å². The molecule has 1 rings (SSSR count). The summed E-state index contributed by atoms with van der Waals surface area (Å²) in [6.07, 6.45) is 4.01. The van der Waals surface area contributed by atoms with Crippen LogP contribution in [-0.4, -0.2) is 22.1 Å². The summed E-state index contributed by atoms with van der Waals surface area (Å²) in [5.74, 6) is 0.00144. The van der Waals surface area contributed by atoms with Gasteiger partial charge >= 0.3 is 0 Å². The Morgan fingerprint density at radius 1 is 1.69 bits per heavy atom. The summed E-state index contributed by atoms with van der Waals surface area (Å²) >= 11 is 0. The van der Waals surface area contributed by atoms with Crippen molar-refractivity contribution in [3.63, 3.8) is 0 Å². The van der Waals surface area contributed by atoms with Gasteiger partial charge in [0.25, 0.3) is 0 Å². The molecule has 1 heterocycles. The van der Waals surface area contributed by atoms with Crippen molar-refractivity contribution in [3.05, 3.63) is 17.5 Å².